The monoisotopic (exact) mass is 686 g/mol. The number of hydrogen-bond acceptors (Lipinski definition) is 2. The van der Waals surface area contributed by atoms with Crippen LogP contribution in [-0.2, 0) is 0 Å². The summed E-state index contributed by atoms with van der Waals surface area (Å²) in [6, 6.07) is 65.4. The van der Waals surface area contributed by atoms with Gasteiger partial charge in [0.1, 0.15) is 22.3 Å². The quantitative estimate of drug-likeness (QED) is 0.173. The SMILES string of the molecule is c1ccc(-c2c3ccccc3c(-c3cc4oc5cc6oc7cc(-c8ccccc8)c8ccccc8c7c6cc5c4c4ccccc34)c3ccccc23)cc1. The fraction of sp³-hybridized carbons (Fsp3) is 0. The lowest BCUT2D eigenvalue weighted by molar-refractivity contribution is 0.656. The number of furan rings is 2. The molecule has 0 saturated heterocycles. The molecular weight excluding hydrogens is 657 g/mol. The van der Waals surface area contributed by atoms with E-state index in [2.05, 4.69) is 182 Å². The molecule has 0 aliphatic heterocycles. The van der Waals surface area contributed by atoms with Crippen molar-refractivity contribution in [2.75, 3.05) is 0 Å². The van der Waals surface area contributed by atoms with Gasteiger partial charge in [-0.25, -0.2) is 0 Å². The molecule has 10 aromatic carbocycles. The lowest BCUT2D eigenvalue weighted by atomic mass is 9.84. The summed E-state index contributed by atoms with van der Waals surface area (Å²) in [6.45, 7) is 0. The summed E-state index contributed by atoms with van der Waals surface area (Å²) < 4.78 is 13.6. The van der Waals surface area contributed by atoms with Crippen molar-refractivity contribution in [3.63, 3.8) is 0 Å². The number of fused-ring (bicyclic) bond motifs is 12. The maximum absolute atomic E-state index is 6.86. The van der Waals surface area contributed by atoms with E-state index in [0.717, 1.165) is 49.4 Å². The minimum absolute atomic E-state index is 0.820. The first-order valence-corrected chi connectivity index (χ1v) is 18.5. The Morgan fingerprint density at radius 3 is 1.15 bits per heavy atom. The van der Waals surface area contributed by atoms with Gasteiger partial charge in [-0.15, -0.1) is 0 Å². The summed E-state index contributed by atoms with van der Waals surface area (Å²) >= 11 is 0. The predicted molar refractivity (Wildman–Crippen MR) is 227 cm³/mol. The summed E-state index contributed by atoms with van der Waals surface area (Å²) in [5.74, 6) is 0. The Bertz CT molecular complexity index is 3420. The third kappa shape index (κ3) is 4.11. The smallest absolute Gasteiger partial charge is 0.139 e. The third-order valence-electron chi connectivity index (χ3n) is 11.4. The van der Waals surface area contributed by atoms with Crippen molar-refractivity contribution >= 4 is 87.0 Å². The van der Waals surface area contributed by atoms with Crippen molar-refractivity contribution in [3.05, 3.63) is 182 Å². The van der Waals surface area contributed by atoms with E-state index >= 15 is 0 Å². The largest absolute Gasteiger partial charge is 0.456 e. The Morgan fingerprint density at radius 1 is 0.241 bits per heavy atom. The Labute approximate surface area is 310 Å². The first kappa shape index (κ1) is 29.4. The highest BCUT2D eigenvalue weighted by atomic mass is 16.3. The maximum atomic E-state index is 6.86. The van der Waals surface area contributed by atoms with Crippen LogP contribution >= 0.6 is 0 Å². The van der Waals surface area contributed by atoms with Crippen LogP contribution < -0.4 is 0 Å². The first-order valence-electron chi connectivity index (χ1n) is 18.5. The van der Waals surface area contributed by atoms with Crippen LogP contribution in [0.4, 0.5) is 0 Å². The molecule has 0 aliphatic rings. The van der Waals surface area contributed by atoms with Gasteiger partial charge in [0.15, 0.2) is 0 Å². The molecule has 12 rings (SSSR count). The van der Waals surface area contributed by atoms with Crippen molar-refractivity contribution < 1.29 is 8.83 Å². The van der Waals surface area contributed by atoms with E-state index in [9.17, 15) is 0 Å². The van der Waals surface area contributed by atoms with Crippen molar-refractivity contribution in [2.24, 2.45) is 0 Å². The molecule has 0 aliphatic carbocycles. The van der Waals surface area contributed by atoms with E-state index in [-0.39, 0.29) is 0 Å². The van der Waals surface area contributed by atoms with Crippen LogP contribution in [0.15, 0.2) is 191 Å². The predicted octanol–water partition coefficient (Wildman–Crippen LogP) is 15.1. The normalized spacial score (nSPS) is 12.1. The molecule has 250 valence electrons. The van der Waals surface area contributed by atoms with Crippen LogP contribution in [0.2, 0.25) is 0 Å². The Kier molecular flexibility index (Phi) is 6.09. The van der Waals surface area contributed by atoms with Gasteiger partial charge >= 0.3 is 0 Å². The summed E-state index contributed by atoms with van der Waals surface area (Å²) in [6.07, 6.45) is 0. The number of benzene rings is 10. The van der Waals surface area contributed by atoms with Crippen LogP contribution in [0.5, 0.6) is 0 Å². The van der Waals surface area contributed by atoms with E-state index in [1.165, 1.54) is 70.9 Å². The highest BCUT2D eigenvalue weighted by Gasteiger charge is 2.22. The van der Waals surface area contributed by atoms with Gasteiger partial charge in [0.2, 0.25) is 0 Å². The van der Waals surface area contributed by atoms with E-state index in [4.69, 9.17) is 8.83 Å². The van der Waals surface area contributed by atoms with E-state index in [0.29, 0.717) is 0 Å². The highest BCUT2D eigenvalue weighted by Crippen LogP contribution is 2.49. The average Bonchev–Trinajstić information content (AvgIpc) is 3.79. The molecule has 0 fully saturated rings. The second-order valence-electron chi connectivity index (χ2n) is 14.3. The fourth-order valence-corrected chi connectivity index (χ4v) is 9.17. The fourth-order valence-electron chi connectivity index (χ4n) is 9.17. The number of hydrogen-bond donors (Lipinski definition) is 0. The van der Waals surface area contributed by atoms with Crippen LogP contribution in [0.25, 0.3) is 120 Å². The summed E-state index contributed by atoms with van der Waals surface area (Å²) in [7, 11) is 0. The zero-order chi connectivity index (χ0) is 35.3. The van der Waals surface area contributed by atoms with Crippen LogP contribution in [0, 0.1) is 0 Å². The van der Waals surface area contributed by atoms with Gasteiger partial charge < -0.3 is 8.83 Å². The summed E-state index contributed by atoms with van der Waals surface area (Å²) in [5.41, 5.74) is 10.6. The Hall–Kier alpha value is -7.16. The summed E-state index contributed by atoms with van der Waals surface area (Å²) in [4.78, 5) is 0. The van der Waals surface area contributed by atoms with E-state index in [1.807, 2.05) is 0 Å². The standard InChI is InChI=1S/C52H30O2/c1-3-15-31(16-4-1)41-28-47-51(35-21-9-7-19-33(35)41)43-27-44-46(30-45(43)53-47)54-48-29-42(34-20-8-10-22-36(34)52(44)48)50-39-25-13-11-23-37(39)49(32-17-5-2-6-18-32)38-24-12-14-26-40(38)50/h1-30H. The van der Waals surface area contributed by atoms with E-state index in [1.54, 1.807) is 0 Å². The molecule has 12 aromatic rings. The number of rotatable bonds is 3. The highest BCUT2D eigenvalue weighted by molar-refractivity contribution is 6.30. The molecule has 0 saturated carbocycles. The molecule has 0 N–H and O–H groups in total. The molecule has 2 heteroatoms. The van der Waals surface area contributed by atoms with E-state index < -0.39 is 0 Å². The molecule has 54 heavy (non-hydrogen) atoms. The molecule has 0 atom stereocenters. The van der Waals surface area contributed by atoms with Gasteiger partial charge in [-0.3, -0.25) is 0 Å². The maximum Gasteiger partial charge on any atom is 0.139 e. The zero-order valence-electron chi connectivity index (χ0n) is 29.1. The van der Waals surface area contributed by atoms with Crippen LogP contribution in [0.1, 0.15) is 0 Å². The van der Waals surface area contributed by atoms with Crippen molar-refractivity contribution in [1.29, 1.82) is 0 Å². The second-order valence-corrected chi connectivity index (χ2v) is 14.3. The molecule has 0 amide bonds. The molecule has 0 unspecified atom stereocenters. The second kappa shape index (κ2) is 11.2. The Morgan fingerprint density at radius 2 is 0.630 bits per heavy atom. The van der Waals surface area contributed by atoms with Crippen molar-refractivity contribution in [1.82, 2.24) is 0 Å². The van der Waals surface area contributed by atoms with Gasteiger partial charge in [0.05, 0.1) is 0 Å². The summed E-state index contributed by atoms with van der Waals surface area (Å²) in [5, 5.41) is 14.1. The molecular formula is C52H30O2. The van der Waals surface area contributed by atoms with Crippen molar-refractivity contribution in [3.8, 4) is 33.4 Å². The minimum Gasteiger partial charge on any atom is -0.456 e. The minimum atomic E-state index is 0.820. The lowest BCUT2D eigenvalue weighted by Crippen LogP contribution is -1.91. The van der Waals surface area contributed by atoms with Crippen LogP contribution in [-0.4, -0.2) is 0 Å². The topological polar surface area (TPSA) is 26.3 Å². The van der Waals surface area contributed by atoms with Gasteiger partial charge in [0.25, 0.3) is 0 Å². The first-order chi connectivity index (χ1) is 26.8. The molecule has 2 nitrogen and oxygen atoms in total. The lowest BCUT2D eigenvalue weighted by Gasteiger charge is -2.19. The molecule has 0 spiro atoms. The third-order valence-corrected chi connectivity index (χ3v) is 11.4. The van der Waals surface area contributed by atoms with Gasteiger partial charge in [-0.2, -0.15) is 0 Å². The molecule has 0 bridgehead atoms. The zero-order valence-corrected chi connectivity index (χ0v) is 29.1. The van der Waals surface area contributed by atoms with Gasteiger partial charge in [0, 0.05) is 27.6 Å². The Balaban J connectivity index is 1.17. The van der Waals surface area contributed by atoms with Crippen LogP contribution in [0.3, 0.4) is 0 Å². The molecule has 0 radical (unpaired) electrons. The van der Waals surface area contributed by atoms with Gasteiger partial charge in [-0.1, -0.05) is 158 Å². The van der Waals surface area contributed by atoms with Crippen molar-refractivity contribution in [2.45, 2.75) is 0 Å². The molecule has 2 heterocycles. The average molecular weight is 687 g/mol. The van der Waals surface area contributed by atoms with Gasteiger partial charge in [-0.05, 0) is 94.7 Å². The molecule has 2 aromatic heterocycles.